The number of nitrogens with one attached hydrogen (secondary N) is 3. The number of sulfonamides is 1. The van der Waals surface area contributed by atoms with Gasteiger partial charge < -0.3 is 10.6 Å². The van der Waals surface area contributed by atoms with Gasteiger partial charge in [-0.1, -0.05) is 0 Å². The Morgan fingerprint density at radius 2 is 2.18 bits per heavy atom. The minimum Gasteiger partial charge on any atom is -0.356 e. The van der Waals surface area contributed by atoms with Crippen molar-refractivity contribution in [3.05, 3.63) is 0 Å². The molecule has 0 bridgehead atoms. The molecule has 3 N–H and O–H groups in total. The van der Waals surface area contributed by atoms with Gasteiger partial charge in [0.05, 0.1) is 12.2 Å². The first kappa shape index (κ1) is 14.4. The van der Waals surface area contributed by atoms with Gasteiger partial charge in [-0.3, -0.25) is 4.79 Å². The van der Waals surface area contributed by atoms with Crippen molar-refractivity contribution in [2.75, 3.05) is 32.4 Å². The molecule has 1 fully saturated rings. The maximum absolute atomic E-state index is 11.7. The fraction of sp³-hybridized carbons (Fsp3) is 0.900. The molecular formula is C10H21N3O3S. The van der Waals surface area contributed by atoms with Crippen molar-refractivity contribution in [1.82, 2.24) is 15.4 Å². The van der Waals surface area contributed by atoms with Crippen molar-refractivity contribution in [1.29, 1.82) is 0 Å². The highest BCUT2D eigenvalue weighted by Crippen LogP contribution is 2.09. The van der Waals surface area contributed by atoms with Gasteiger partial charge in [0.15, 0.2) is 0 Å². The maximum Gasteiger partial charge on any atom is 0.224 e. The molecule has 0 spiro atoms. The smallest absolute Gasteiger partial charge is 0.224 e. The lowest BCUT2D eigenvalue weighted by Crippen LogP contribution is -2.41. The Kier molecular flexibility index (Phi) is 5.87. The minimum absolute atomic E-state index is 0.0617. The van der Waals surface area contributed by atoms with Crippen molar-refractivity contribution in [3.8, 4) is 0 Å². The Hall–Kier alpha value is -0.660. The molecular weight excluding hydrogens is 242 g/mol. The molecule has 1 aliphatic rings. The number of amides is 1. The van der Waals surface area contributed by atoms with E-state index in [-0.39, 0.29) is 11.8 Å². The molecule has 6 nitrogen and oxygen atoms in total. The third-order valence-electron chi connectivity index (χ3n) is 2.68. The lowest BCUT2D eigenvalue weighted by Gasteiger charge is -2.21. The average Bonchev–Trinajstić information content (AvgIpc) is 2.28. The Morgan fingerprint density at radius 1 is 1.41 bits per heavy atom. The van der Waals surface area contributed by atoms with E-state index in [9.17, 15) is 13.2 Å². The summed E-state index contributed by atoms with van der Waals surface area (Å²) in [5, 5.41) is 6.01. The Labute approximate surface area is 103 Å². The summed E-state index contributed by atoms with van der Waals surface area (Å²) in [6.45, 7) is 2.61. The van der Waals surface area contributed by atoms with Crippen LogP contribution in [0.2, 0.25) is 0 Å². The van der Waals surface area contributed by atoms with Crippen molar-refractivity contribution >= 4 is 15.9 Å². The molecule has 0 aliphatic carbocycles. The predicted octanol–water partition coefficient (Wildman–Crippen LogP) is -0.958. The molecule has 1 amide bonds. The fourth-order valence-electron chi connectivity index (χ4n) is 1.78. The number of piperidine rings is 1. The molecule has 7 heteroatoms. The van der Waals surface area contributed by atoms with Crippen molar-refractivity contribution in [3.63, 3.8) is 0 Å². The average molecular weight is 263 g/mol. The summed E-state index contributed by atoms with van der Waals surface area (Å²) in [4.78, 5) is 11.7. The summed E-state index contributed by atoms with van der Waals surface area (Å²) in [5.41, 5.74) is 0. The Bertz CT molecular complexity index is 337. The second-order valence-corrected chi connectivity index (χ2v) is 6.19. The summed E-state index contributed by atoms with van der Waals surface area (Å²) in [7, 11) is -3.12. The zero-order valence-electron chi connectivity index (χ0n) is 10.2. The summed E-state index contributed by atoms with van der Waals surface area (Å²) >= 11 is 0. The van der Waals surface area contributed by atoms with E-state index in [1.165, 1.54) is 0 Å². The third kappa shape index (κ3) is 6.60. The Morgan fingerprint density at radius 3 is 2.76 bits per heavy atom. The largest absolute Gasteiger partial charge is 0.356 e. The molecule has 1 heterocycles. The van der Waals surface area contributed by atoms with E-state index >= 15 is 0 Å². The lowest BCUT2D eigenvalue weighted by molar-refractivity contribution is -0.125. The van der Waals surface area contributed by atoms with Gasteiger partial charge in [0.25, 0.3) is 0 Å². The van der Waals surface area contributed by atoms with Gasteiger partial charge in [-0.05, 0) is 25.8 Å². The van der Waals surface area contributed by atoms with Crippen LogP contribution < -0.4 is 15.4 Å². The first-order chi connectivity index (χ1) is 7.99. The molecule has 1 rings (SSSR count). The van der Waals surface area contributed by atoms with Crippen LogP contribution in [0.3, 0.4) is 0 Å². The normalized spacial score (nSPS) is 21.1. The quantitative estimate of drug-likeness (QED) is 0.539. The first-order valence-electron chi connectivity index (χ1n) is 5.92. The van der Waals surface area contributed by atoms with Gasteiger partial charge in [-0.15, -0.1) is 0 Å². The van der Waals surface area contributed by atoms with E-state index in [2.05, 4.69) is 15.4 Å². The molecule has 1 saturated heterocycles. The monoisotopic (exact) mass is 263 g/mol. The van der Waals surface area contributed by atoms with Crippen LogP contribution in [-0.4, -0.2) is 46.8 Å². The molecule has 17 heavy (non-hydrogen) atoms. The SMILES string of the molecule is CS(=O)(=O)NCCCNC(=O)[C@H]1CCCNC1. The molecule has 1 atom stereocenters. The predicted molar refractivity (Wildman–Crippen MR) is 66.1 cm³/mol. The minimum atomic E-state index is -3.12. The summed E-state index contributed by atoms with van der Waals surface area (Å²) < 4.78 is 23.9. The van der Waals surface area contributed by atoms with Crippen LogP contribution in [0.25, 0.3) is 0 Å². The maximum atomic E-state index is 11.7. The number of carbonyl (C=O) groups is 1. The highest BCUT2D eigenvalue weighted by molar-refractivity contribution is 7.88. The number of hydrogen-bond donors (Lipinski definition) is 3. The molecule has 1 aliphatic heterocycles. The second kappa shape index (κ2) is 6.93. The lowest BCUT2D eigenvalue weighted by atomic mass is 9.99. The van der Waals surface area contributed by atoms with Gasteiger partial charge in [-0.25, -0.2) is 13.1 Å². The summed E-state index contributed by atoms with van der Waals surface area (Å²) in [6.07, 6.45) is 3.70. The van der Waals surface area contributed by atoms with Gasteiger partial charge in [0.2, 0.25) is 15.9 Å². The fourth-order valence-corrected chi connectivity index (χ4v) is 2.29. The van der Waals surface area contributed by atoms with Crippen LogP contribution >= 0.6 is 0 Å². The van der Waals surface area contributed by atoms with Crippen LogP contribution in [0.4, 0.5) is 0 Å². The van der Waals surface area contributed by atoms with Crippen LogP contribution in [-0.2, 0) is 14.8 Å². The van der Waals surface area contributed by atoms with E-state index in [1.54, 1.807) is 0 Å². The Balaban J connectivity index is 2.07. The van der Waals surface area contributed by atoms with Crippen LogP contribution in [0.5, 0.6) is 0 Å². The highest BCUT2D eigenvalue weighted by Gasteiger charge is 2.19. The van der Waals surface area contributed by atoms with Gasteiger partial charge >= 0.3 is 0 Å². The number of rotatable bonds is 6. The topological polar surface area (TPSA) is 87.3 Å². The number of carbonyl (C=O) groups excluding carboxylic acids is 1. The number of hydrogen-bond acceptors (Lipinski definition) is 4. The zero-order valence-corrected chi connectivity index (χ0v) is 11.0. The zero-order chi connectivity index (χ0) is 12.7. The van der Waals surface area contributed by atoms with Crippen molar-refractivity contribution in [2.24, 2.45) is 5.92 Å². The molecule has 0 aromatic heterocycles. The van der Waals surface area contributed by atoms with E-state index in [1.807, 2.05) is 0 Å². The van der Waals surface area contributed by atoms with Crippen LogP contribution in [0.1, 0.15) is 19.3 Å². The van der Waals surface area contributed by atoms with Crippen LogP contribution in [0.15, 0.2) is 0 Å². The molecule has 0 aromatic rings. The van der Waals surface area contributed by atoms with E-state index < -0.39 is 10.0 Å². The third-order valence-corrected chi connectivity index (χ3v) is 3.41. The van der Waals surface area contributed by atoms with E-state index in [4.69, 9.17) is 0 Å². The molecule has 0 radical (unpaired) electrons. The van der Waals surface area contributed by atoms with Gasteiger partial charge in [-0.2, -0.15) is 0 Å². The first-order valence-corrected chi connectivity index (χ1v) is 7.81. The van der Waals surface area contributed by atoms with Gasteiger partial charge in [0, 0.05) is 19.6 Å². The molecule has 100 valence electrons. The van der Waals surface area contributed by atoms with E-state index in [0.29, 0.717) is 19.5 Å². The van der Waals surface area contributed by atoms with Crippen molar-refractivity contribution in [2.45, 2.75) is 19.3 Å². The van der Waals surface area contributed by atoms with Crippen molar-refractivity contribution < 1.29 is 13.2 Å². The highest BCUT2D eigenvalue weighted by atomic mass is 32.2. The molecule has 0 unspecified atom stereocenters. The van der Waals surface area contributed by atoms with Crippen LogP contribution in [0, 0.1) is 5.92 Å². The standard InChI is InChI=1S/C10H21N3O3S/c1-17(15,16)13-7-3-6-12-10(14)9-4-2-5-11-8-9/h9,11,13H,2-8H2,1H3,(H,12,14)/t9-/m0/s1. The van der Waals surface area contributed by atoms with Gasteiger partial charge in [0.1, 0.15) is 0 Å². The molecule has 0 aromatic carbocycles. The second-order valence-electron chi connectivity index (χ2n) is 4.35. The molecule has 0 saturated carbocycles. The summed E-state index contributed by atoms with van der Waals surface area (Å²) in [5.74, 6) is 0.128. The van der Waals surface area contributed by atoms with E-state index in [0.717, 1.165) is 32.2 Å². The summed E-state index contributed by atoms with van der Waals surface area (Å²) in [6, 6.07) is 0.